The molecule has 1 aromatic heterocycles. The number of rotatable bonds is 4. The van der Waals surface area contributed by atoms with E-state index in [0.29, 0.717) is 24.2 Å². The lowest BCUT2D eigenvalue weighted by Gasteiger charge is -2.35. The highest BCUT2D eigenvalue weighted by molar-refractivity contribution is 7.99. The summed E-state index contributed by atoms with van der Waals surface area (Å²) in [4.78, 5) is 14.2. The van der Waals surface area contributed by atoms with Crippen molar-refractivity contribution in [3.63, 3.8) is 0 Å². The Morgan fingerprint density at radius 1 is 1.29 bits per heavy atom. The Morgan fingerprint density at radius 3 is 2.75 bits per heavy atom. The summed E-state index contributed by atoms with van der Waals surface area (Å²) in [5, 5.41) is 8.49. The Balaban J connectivity index is 1.58. The number of thioether (sulfide) groups is 1. The lowest BCUT2D eigenvalue weighted by molar-refractivity contribution is -0.140. The van der Waals surface area contributed by atoms with Crippen LogP contribution in [0.15, 0.2) is 33.9 Å². The molecule has 6 nitrogen and oxygen atoms in total. The first-order valence-electron chi connectivity index (χ1n) is 7.98. The highest BCUT2D eigenvalue weighted by atomic mass is 32.2. The van der Waals surface area contributed by atoms with Crippen LogP contribution >= 0.6 is 11.8 Å². The van der Waals surface area contributed by atoms with Crippen LogP contribution in [0.3, 0.4) is 0 Å². The first-order valence-corrected chi connectivity index (χ1v) is 8.96. The zero-order valence-electron chi connectivity index (χ0n) is 14.1. The Morgan fingerprint density at radius 2 is 2.04 bits per heavy atom. The molecule has 0 spiro atoms. The van der Waals surface area contributed by atoms with Crippen LogP contribution in [0.5, 0.6) is 0 Å². The molecule has 7 heteroatoms. The van der Waals surface area contributed by atoms with E-state index in [1.54, 1.807) is 0 Å². The summed E-state index contributed by atoms with van der Waals surface area (Å²) in [6.45, 7) is 7.23. The van der Waals surface area contributed by atoms with E-state index in [0.717, 1.165) is 11.1 Å². The van der Waals surface area contributed by atoms with E-state index in [1.807, 2.05) is 49.9 Å². The van der Waals surface area contributed by atoms with Crippen molar-refractivity contribution in [2.24, 2.45) is 0 Å². The molecule has 0 aliphatic carbocycles. The van der Waals surface area contributed by atoms with Crippen molar-refractivity contribution in [2.75, 3.05) is 18.8 Å². The third-order valence-corrected chi connectivity index (χ3v) is 4.57. The molecule has 1 fully saturated rings. The molecule has 2 aromatic rings. The van der Waals surface area contributed by atoms with Crippen LogP contribution in [0, 0.1) is 6.92 Å². The smallest absolute Gasteiger partial charge is 0.277 e. The molecule has 0 bridgehead atoms. The minimum Gasteiger partial charge on any atom is -0.411 e. The van der Waals surface area contributed by atoms with Crippen LogP contribution in [-0.4, -0.2) is 52.1 Å². The van der Waals surface area contributed by atoms with Crippen LogP contribution in [0.4, 0.5) is 0 Å². The third-order valence-electron chi connectivity index (χ3n) is 3.76. The summed E-state index contributed by atoms with van der Waals surface area (Å²) >= 11 is 1.27. The maximum atomic E-state index is 12.3. The fourth-order valence-corrected chi connectivity index (χ4v) is 3.43. The van der Waals surface area contributed by atoms with Gasteiger partial charge in [0.05, 0.1) is 18.0 Å². The predicted octanol–water partition coefficient (Wildman–Crippen LogP) is 2.77. The van der Waals surface area contributed by atoms with E-state index in [9.17, 15) is 4.79 Å². The largest absolute Gasteiger partial charge is 0.411 e. The fourth-order valence-electron chi connectivity index (χ4n) is 2.76. The number of hydrogen-bond donors (Lipinski definition) is 0. The molecule has 1 aliphatic heterocycles. The van der Waals surface area contributed by atoms with E-state index in [4.69, 9.17) is 9.15 Å². The first-order chi connectivity index (χ1) is 11.5. The number of aryl methyl sites for hydroxylation is 1. The summed E-state index contributed by atoms with van der Waals surface area (Å²) in [5.41, 5.74) is 2.02. The Labute approximate surface area is 145 Å². The molecular weight excluding hydrogens is 326 g/mol. The average molecular weight is 347 g/mol. The molecule has 24 heavy (non-hydrogen) atoms. The number of carbonyl (C=O) groups excluding carboxylic acids is 1. The molecule has 1 aliphatic rings. The van der Waals surface area contributed by atoms with Gasteiger partial charge in [0.1, 0.15) is 0 Å². The van der Waals surface area contributed by atoms with E-state index in [1.165, 1.54) is 11.8 Å². The SMILES string of the molecule is Cc1cccc(-c2nnc(SCC(=O)N3CC(C)OC(C)C3)o2)c1. The number of benzene rings is 1. The molecule has 2 unspecified atom stereocenters. The fraction of sp³-hybridized carbons (Fsp3) is 0.471. The van der Waals surface area contributed by atoms with Crippen molar-refractivity contribution in [3.8, 4) is 11.5 Å². The summed E-state index contributed by atoms with van der Waals surface area (Å²) in [6.07, 6.45) is 0.137. The summed E-state index contributed by atoms with van der Waals surface area (Å²) in [6, 6.07) is 7.88. The molecule has 0 N–H and O–H groups in total. The molecular formula is C17H21N3O3S. The van der Waals surface area contributed by atoms with Gasteiger partial charge in [-0.1, -0.05) is 29.5 Å². The highest BCUT2D eigenvalue weighted by Crippen LogP contribution is 2.24. The van der Waals surface area contributed by atoms with Crippen LogP contribution in [0.1, 0.15) is 19.4 Å². The monoisotopic (exact) mass is 347 g/mol. The minimum atomic E-state index is 0.0669. The number of nitrogens with zero attached hydrogens (tertiary/aromatic N) is 3. The van der Waals surface area contributed by atoms with Crippen molar-refractivity contribution >= 4 is 17.7 Å². The summed E-state index contributed by atoms with van der Waals surface area (Å²) in [7, 11) is 0. The van der Waals surface area contributed by atoms with Gasteiger partial charge in [-0.25, -0.2) is 0 Å². The second kappa shape index (κ2) is 7.36. The molecule has 2 atom stereocenters. The van der Waals surface area contributed by atoms with Gasteiger partial charge in [-0.15, -0.1) is 10.2 Å². The molecule has 0 saturated carbocycles. The van der Waals surface area contributed by atoms with Crippen molar-refractivity contribution in [1.82, 2.24) is 15.1 Å². The number of aromatic nitrogens is 2. The van der Waals surface area contributed by atoms with Crippen LogP contribution in [-0.2, 0) is 9.53 Å². The summed E-state index contributed by atoms with van der Waals surface area (Å²) in [5.74, 6) is 0.828. The zero-order valence-corrected chi connectivity index (χ0v) is 14.9. The van der Waals surface area contributed by atoms with Gasteiger partial charge < -0.3 is 14.1 Å². The van der Waals surface area contributed by atoms with E-state index >= 15 is 0 Å². The minimum absolute atomic E-state index is 0.0669. The van der Waals surface area contributed by atoms with Gasteiger partial charge in [0.15, 0.2) is 0 Å². The number of amides is 1. The quantitative estimate of drug-likeness (QED) is 0.792. The Kier molecular flexibility index (Phi) is 5.20. The Hall–Kier alpha value is -1.86. The van der Waals surface area contributed by atoms with Crippen LogP contribution < -0.4 is 0 Å². The molecule has 128 valence electrons. The van der Waals surface area contributed by atoms with Gasteiger partial charge >= 0.3 is 0 Å². The van der Waals surface area contributed by atoms with Gasteiger partial charge in [-0.3, -0.25) is 4.79 Å². The van der Waals surface area contributed by atoms with E-state index in [-0.39, 0.29) is 23.9 Å². The standard InChI is InChI=1S/C17H21N3O3S/c1-11-5-4-6-14(7-11)16-18-19-17(23-16)24-10-15(21)20-8-12(2)22-13(3)9-20/h4-7,12-13H,8-10H2,1-3H3. The van der Waals surface area contributed by atoms with Crippen molar-refractivity contribution in [3.05, 3.63) is 29.8 Å². The lowest BCUT2D eigenvalue weighted by Crippen LogP contribution is -2.48. The van der Waals surface area contributed by atoms with Crippen LogP contribution in [0.2, 0.25) is 0 Å². The first kappa shape index (κ1) is 17.0. The van der Waals surface area contributed by atoms with E-state index in [2.05, 4.69) is 10.2 Å². The number of hydrogen-bond acceptors (Lipinski definition) is 6. The normalized spacial score (nSPS) is 21.0. The van der Waals surface area contributed by atoms with Gasteiger partial charge in [0.25, 0.3) is 5.22 Å². The van der Waals surface area contributed by atoms with Crippen molar-refractivity contribution in [1.29, 1.82) is 0 Å². The lowest BCUT2D eigenvalue weighted by atomic mass is 10.1. The van der Waals surface area contributed by atoms with E-state index < -0.39 is 0 Å². The number of morpholine rings is 1. The van der Waals surface area contributed by atoms with Crippen LogP contribution in [0.25, 0.3) is 11.5 Å². The maximum absolute atomic E-state index is 12.3. The molecule has 1 saturated heterocycles. The Bertz CT molecular complexity index is 709. The van der Waals surface area contributed by atoms with Crippen molar-refractivity contribution < 1.29 is 13.9 Å². The molecule has 0 radical (unpaired) electrons. The average Bonchev–Trinajstić information content (AvgIpc) is 3.00. The molecule has 3 rings (SSSR count). The second-order valence-electron chi connectivity index (χ2n) is 6.09. The predicted molar refractivity (Wildman–Crippen MR) is 91.8 cm³/mol. The summed E-state index contributed by atoms with van der Waals surface area (Å²) < 4.78 is 11.3. The highest BCUT2D eigenvalue weighted by Gasteiger charge is 2.26. The van der Waals surface area contributed by atoms with Gasteiger partial charge in [-0.05, 0) is 32.9 Å². The van der Waals surface area contributed by atoms with Crippen molar-refractivity contribution in [2.45, 2.75) is 38.2 Å². The molecule has 2 heterocycles. The second-order valence-corrected chi connectivity index (χ2v) is 7.01. The maximum Gasteiger partial charge on any atom is 0.277 e. The number of carbonyl (C=O) groups is 1. The van der Waals surface area contributed by atoms with Gasteiger partial charge in [0.2, 0.25) is 11.8 Å². The van der Waals surface area contributed by atoms with Gasteiger partial charge in [-0.2, -0.15) is 0 Å². The van der Waals surface area contributed by atoms with Gasteiger partial charge in [0, 0.05) is 18.7 Å². The zero-order chi connectivity index (χ0) is 17.1. The molecule has 1 aromatic carbocycles. The molecule has 1 amide bonds. The number of ether oxygens (including phenoxy) is 1. The third kappa shape index (κ3) is 4.15. The topological polar surface area (TPSA) is 68.5 Å².